The Morgan fingerprint density at radius 2 is 1.58 bits per heavy atom. The van der Waals surface area contributed by atoms with Crippen LogP contribution in [-0.4, -0.2) is 33.8 Å². The van der Waals surface area contributed by atoms with E-state index in [0.717, 1.165) is 17.5 Å². The van der Waals surface area contributed by atoms with Gasteiger partial charge in [-0.2, -0.15) is 0 Å². The Labute approximate surface area is 200 Å². The fourth-order valence-electron chi connectivity index (χ4n) is 3.36. The Morgan fingerprint density at radius 1 is 0.909 bits per heavy atom. The number of amides is 1. The van der Waals surface area contributed by atoms with E-state index in [0.29, 0.717) is 29.5 Å². The van der Waals surface area contributed by atoms with Gasteiger partial charge in [0.05, 0.1) is 26.9 Å². The Kier molecular flexibility index (Phi) is 9.39. The molecule has 0 aliphatic heterocycles. The van der Waals surface area contributed by atoms with E-state index in [1.165, 1.54) is 21.3 Å². The SMILES string of the molecule is COc1c(Oc2ccc(CCN)cc2)cc(C(=O)Nc2cccc(C)c2)c(OC)c1OC.Cl. The lowest BCUT2D eigenvalue weighted by atomic mass is 10.1. The van der Waals surface area contributed by atoms with Gasteiger partial charge in [-0.1, -0.05) is 24.3 Å². The maximum atomic E-state index is 13.1. The predicted molar refractivity (Wildman–Crippen MR) is 132 cm³/mol. The van der Waals surface area contributed by atoms with E-state index in [1.807, 2.05) is 55.5 Å². The summed E-state index contributed by atoms with van der Waals surface area (Å²) in [6.45, 7) is 2.53. The highest BCUT2D eigenvalue weighted by molar-refractivity contribution is 6.07. The van der Waals surface area contributed by atoms with Gasteiger partial charge in [-0.3, -0.25) is 4.79 Å². The number of nitrogens with one attached hydrogen (secondary N) is 1. The summed E-state index contributed by atoms with van der Waals surface area (Å²) in [6, 6.07) is 16.7. The van der Waals surface area contributed by atoms with Crippen LogP contribution in [0.15, 0.2) is 54.6 Å². The number of anilines is 1. The number of benzene rings is 3. The minimum Gasteiger partial charge on any atom is -0.492 e. The summed E-state index contributed by atoms with van der Waals surface area (Å²) in [5.74, 6) is 1.38. The molecule has 3 rings (SSSR count). The number of rotatable bonds is 9. The molecule has 0 heterocycles. The third-order valence-corrected chi connectivity index (χ3v) is 4.87. The molecule has 1 amide bonds. The molecule has 0 aliphatic carbocycles. The zero-order chi connectivity index (χ0) is 23.1. The molecule has 0 saturated heterocycles. The molecule has 8 heteroatoms. The molecule has 0 aliphatic rings. The zero-order valence-electron chi connectivity index (χ0n) is 19.1. The van der Waals surface area contributed by atoms with Crippen LogP contribution in [-0.2, 0) is 6.42 Å². The maximum Gasteiger partial charge on any atom is 0.259 e. The van der Waals surface area contributed by atoms with Gasteiger partial charge in [0.15, 0.2) is 11.5 Å². The largest absolute Gasteiger partial charge is 0.492 e. The van der Waals surface area contributed by atoms with Crippen molar-refractivity contribution in [1.82, 2.24) is 0 Å². The van der Waals surface area contributed by atoms with Crippen LogP contribution in [0.4, 0.5) is 5.69 Å². The highest BCUT2D eigenvalue weighted by atomic mass is 35.5. The normalized spacial score (nSPS) is 10.1. The highest BCUT2D eigenvalue weighted by Gasteiger charge is 2.26. The van der Waals surface area contributed by atoms with E-state index < -0.39 is 0 Å². The number of nitrogens with two attached hydrogens (primary N) is 1. The lowest BCUT2D eigenvalue weighted by molar-refractivity contribution is 0.102. The first-order chi connectivity index (χ1) is 15.5. The molecule has 0 unspecified atom stereocenters. The minimum atomic E-state index is -0.364. The molecule has 0 radical (unpaired) electrons. The van der Waals surface area contributed by atoms with Gasteiger partial charge in [-0.05, 0) is 55.3 Å². The van der Waals surface area contributed by atoms with Crippen molar-refractivity contribution >= 4 is 24.0 Å². The molecule has 0 aromatic heterocycles. The first-order valence-corrected chi connectivity index (χ1v) is 10.2. The quantitative estimate of drug-likeness (QED) is 0.456. The summed E-state index contributed by atoms with van der Waals surface area (Å²) >= 11 is 0. The van der Waals surface area contributed by atoms with Crippen molar-refractivity contribution in [3.8, 4) is 28.7 Å². The van der Waals surface area contributed by atoms with Crippen LogP contribution in [0, 0.1) is 6.92 Å². The van der Waals surface area contributed by atoms with Crippen LogP contribution in [0.5, 0.6) is 28.7 Å². The number of aryl methyl sites for hydroxylation is 1. The van der Waals surface area contributed by atoms with E-state index in [4.69, 9.17) is 24.7 Å². The van der Waals surface area contributed by atoms with Crippen LogP contribution in [0.1, 0.15) is 21.5 Å². The summed E-state index contributed by atoms with van der Waals surface area (Å²) in [5, 5.41) is 2.89. The molecule has 0 fully saturated rings. The molecule has 33 heavy (non-hydrogen) atoms. The number of halogens is 1. The third kappa shape index (κ3) is 6.09. The molecule has 0 atom stereocenters. The maximum absolute atomic E-state index is 13.1. The summed E-state index contributed by atoms with van der Waals surface area (Å²) in [5.41, 5.74) is 8.68. The topological polar surface area (TPSA) is 92.0 Å². The lowest BCUT2D eigenvalue weighted by Crippen LogP contribution is -2.14. The van der Waals surface area contributed by atoms with E-state index in [9.17, 15) is 4.79 Å². The Balaban J connectivity index is 0.00000385. The van der Waals surface area contributed by atoms with Gasteiger partial charge in [0.1, 0.15) is 5.75 Å². The monoisotopic (exact) mass is 472 g/mol. The van der Waals surface area contributed by atoms with E-state index in [2.05, 4.69) is 5.32 Å². The van der Waals surface area contributed by atoms with Crippen LogP contribution in [0.3, 0.4) is 0 Å². The van der Waals surface area contributed by atoms with E-state index in [1.54, 1.807) is 6.07 Å². The van der Waals surface area contributed by atoms with Crippen molar-refractivity contribution < 1.29 is 23.7 Å². The molecule has 3 aromatic rings. The molecular formula is C25H29ClN2O5. The second-order valence-corrected chi connectivity index (χ2v) is 7.13. The molecule has 7 nitrogen and oxygen atoms in total. The summed E-state index contributed by atoms with van der Waals surface area (Å²) in [6.07, 6.45) is 0.781. The number of carbonyl (C=O) groups is 1. The lowest BCUT2D eigenvalue weighted by Gasteiger charge is -2.19. The molecule has 0 spiro atoms. The van der Waals surface area contributed by atoms with Crippen molar-refractivity contribution in [2.75, 3.05) is 33.2 Å². The van der Waals surface area contributed by atoms with Crippen LogP contribution < -0.4 is 30.0 Å². The van der Waals surface area contributed by atoms with Gasteiger partial charge in [-0.15, -0.1) is 12.4 Å². The highest BCUT2D eigenvalue weighted by Crippen LogP contribution is 2.48. The number of hydrogen-bond donors (Lipinski definition) is 2. The standard InChI is InChI=1S/C25H28N2O5.ClH/c1-16-6-5-7-18(14-16)27-25(28)20-15-21(23(30-3)24(31-4)22(20)29-2)32-19-10-8-17(9-11-19)12-13-26;/h5-11,14-15H,12-13,26H2,1-4H3,(H,27,28);1H. The van der Waals surface area contributed by atoms with Gasteiger partial charge in [0, 0.05) is 11.8 Å². The minimum absolute atomic E-state index is 0. The molecule has 3 N–H and O–H groups in total. The Hall–Kier alpha value is -3.42. The van der Waals surface area contributed by atoms with Gasteiger partial charge < -0.3 is 30.0 Å². The number of hydrogen-bond acceptors (Lipinski definition) is 6. The Morgan fingerprint density at radius 3 is 2.15 bits per heavy atom. The molecule has 176 valence electrons. The number of ether oxygens (including phenoxy) is 4. The third-order valence-electron chi connectivity index (χ3n) is 4.87. The van der Waals surface area contributed by atoms with Crippen molar-refractivity contribution in [3.63, 3.8) is 0 Å². The molecular weight excluding hydrogens is 444 g/mol. The summed E-state index contributed by atoms with van der Waals surface area (Å²) in [7, 11) is 4.45. The van der Waals surface area contributed by atoms with Crippen molar-refractivity contribution in [2.45, 2.75) is 13.3 Å². The van der Waals surface area contributed by atoms with Crippen molar-refractivity contribution in [2.24, 2.45) is 5.73 Å². The summed E-state index contributed by atoms with van der Waals surface area (Å²) < 4.78 is 22.6. The molecule has 0 saturated carbocycles. The molecule has 3 aromatic carbocycles. The second-order valence-electron chi connectivity index (χ2n) is 7.13. The Bertz CT molecular complexity index is 1090. The second kappa shape index (κ2) is 12.0. The van der Waals surface area contributed by atoms with Crippen LogP contribution in [0.2, 0.25) is 0 Å². The van der Waals surface area contributed by atoms with Crippen molar-refractivity contribution in [1.29, 1.82) is 0 Å². The van der Waals surface area contributed by atoms with E-state index >= 15 is 0 Å². The smallest absolute Gasteiger partial charge is 0.259 e. The van der Waals surface area contributed by atoms with Crippen molar-refractivity contribution in [3.05, 3.63) is 71.3 Å². The van der Waals surface area contributed by atoms with Gasteiger partial charge in [0.2, 0.25) is 11.5 Å². The van der Waals surface area contributed by atoms with Crippen LogP contribution in [0.25, 0.3) is 0 Å². The van der Waals surface area contributed by atoms with Gasteiger partial charge >= 0.3 is 0 Å². The number of methoxy groups -OCH3 is 3. The fourth-order valence-corrected chi connectivity index (χ4v) is 3.36. The number of carbonyl (C=O) groups excluding carboxylic acids is 1. The average molecular weight is 473 g/mol. The van der Waals surface area contributed by atoms with Crippen LogP contribution >= 0.6 is 12.4 Å². The first-order valence-electron chi connectivity index (χ1n) is 10.2. The fraction of sp³-hybridized carbons (Fsp3) is 0.240. The van der Waals surface area contributed by atoms with Gasteiger partial charge in [0.25, 0.3) is 5.91 Å². The molecule has 0 bridgehead atoms. The summed E-state index contributed by atoms with van der Waals surface area (Å²) in [4.78, 5) is 13.1. The predicted octanol–water partition coefficient (Wildman–Crippen LogP) is 4.99. The average Bonchev–Trinajstić information content (AvgIpc) is 2.79. The van der Waals surface area contributed by atoms with Gasteiger partial charge in [-0.25, -0.2) is 0 Å². The first kappa shape index (κ1) is 25.8. The zero-order valence-corrected chi connectivity index (χ0v) is 20.0. The van der Waals surface area contributed by atoms with E-state index in [-0.39, 0.29) is 35.4 Å².